The zero-order chi connectivity index (χ0) is 13.3. The summed E-state index contributed by atoms with van der Waals surface area (Å²) in [6.45, 7) is 3.52. The third kappa shape index (κ3) is 2.51. The van der Waals surface area contributed by atoms with E-state index in [0.717, 1.165) is 16.9 Å². The van der Waals surface area contributed by atoms with Gasteiger partial charge in [0.15, 0.2) is 0 Å². The number of nitro groups is 1. The molecule has 1 unspecified atom stereocenters. The average Bonchev–Trinajstić information content (AvgIpc) is 2.87. The highest BCUT2D eigenvalue weighted by molar-refractivity contribution is 7.13. The van der Waals surface area contributed by atoms with E-state index in [4.69, 9.17) is 5.11 Å². The number of aliphatic carboxylic acids is 1. The SMILES string of the molecule is CC1(C(=O)O)CCN(Cc2csc([N+](=O)[O-])c2)C1. The zero-order valence-corrected chi connectivity index (χ0v) is 10.8. The number of hydrogen-bond acceptors (Lipinski definition) is 5. The van der Waals surface area contributed by atoms with E-state index in [9.17, 15) is 14.9 Å². The molecule has 2 rings (SSSR count). The van der Waals surface area contributed by atoms with E-state index >= 15 is 0 Å². The molecule has 1 aliphatic heterocycles. The molecule has 1 fully saturated rings. The predicted octanol–water partition coefficient (Wildman–Crippen LogP) is 1.95. The lowest BCUT2D eigenvalue weighted by Gasteiger charge is -2.19. The van der Waals surface area contributed by atoms with Crippen molar-refractivity contribution in [3.63, 3.8) is 0 Å². The van der Waals surface area contributed by atoms with Crippen LogP contribution in [0.3, 0.4) is 0 Å². The van der Waals surface area contributed by atoms with Gasteiger partial charge in [0.05, 0.1) is 10.3 Å². The Labute approximate surface area is 108 Å². The zero-order valence-electron chi connectivity index (χ0n) is 9.96. The summed E-state index contributed by atoms with van der Waals surface area (Å²) in [5.74, 6) is -0.777. The van der Waals surface area contributed by atoms with Crippen molar-refractivity contribution >= 4 is 22.3 Å². The van der Waals surface area contributed by atoms with Gasteiger partial charge in [-0.3, -0.25) is 19.8 Å². The van der Waals surface area contributed by atoms with Crippen LogP contribution in [0.4, 0.5) is 5.00 Å². The number of hydrogen-bond donors (Lipinski definition) is 1. The van der Waals surface area contributed by atoms with Gasteiger partial charge in [0.1, 0.15) is 0 Å². The van der Waals surface area contributed by atoms with Crippen molar-refractivity contribution in [2.75, 3.05) is 13.1 Å². The van der Waals surface area contributed by atoms with E-state index < -0.39 is 16.3 Å². The molecular formula is C11H14N2O4S. The van der Waals surface area contributed by atoms with Gasteiger partial charge in [-0.25, -0.2) is 0 Å². The monoisotopic (exact) mass is 270 g/mol. The molecule has 0 spiro atoms. The Morgan fingerprint density at radius 2 is 2.44 bits per heavy atom. The second-order valence-electron chi connectivity index (χ2n) is 4.88. The van der Waals surface area contributed by atoms with Gasteiger partial charge in [-0.15, -0.1) is 0 Å². The summed E-state index contributed by atoms with van der Waals surface area (Å²) >= 11 is 1.11. The van der Waals surface area contributed by atoms with Crippen LogP contribution in [0.2, 0.25) is 0 Å². The first-order valence-electron chi connectivity index (χ1n) is 5.58. The van der Waals surface area contributed by atoms with Crippen molar-refractivity contribution in [1.29, 1.82) is 0 Å². The van der Waals surface area contributed by atoms with Crippen molar-refractivity contribution in [2.24, 2.45) is 5.41 Å². The molecule has 0 aliphatic carbocycles. The summed E-state index contributed by atoms with van der Waals surface area (Å²) in [6.07, 6.45) is 0.620. The number of carbonyl (C=O) groups is 1. The van der Waals surface area contributed by atoms with Gasteiger partial charge in [0.25, 0.3) is 0 Å². The van der Waals surface area contributed by atoms with Crippen molar-refractivity contribution in [3.05, 3.63) is 27.1 Å². The summed E-state index contributed by atoms with van der Waals surface area (Å²) < 4.78 is 0. The minimum atomic E-state index is -0.777. The largest absolute Gasteiger partial charge is 0.481 e. The normalized spacial score (nSPS) is 24.3. The summed E-state index contributed by atoms with van der Waals surface area (Å²) in [4.78, 5) is 23.3. The molecule has 1 aliphatic rings. The fraction of sp³-hybridized carbons (Fsp3) is 0.545. The van der Waals surface area contributed by atoms with E-state index in [1.165, 1.54) is 0 Å². The molecule has 0 saturated carbocycles. The van der Waals surface area contributed by atoms with Crippen molar-refractivity contribution < 1.29 is 14.8 Å². The standard InChI is InChI=1S/C11H14N2O4S/c1-11(10(14)15)2-3-12(7-11)5-8-4-9(13(16)17)18-6-8/h4,6H,2-3,5,7H2,1H3,(H,14,15). The number of carboxylic acids is 1. The third-order valence-corrected chi connectivity index (χ3v) is 4.22. The Morgan fingerprint density at radius 3 is 2.94 bits per heavy atom. The van der Waals surface area contributed by atoms with Gasteiger partial charge in [-0.1, -0.05) is 11.3 Å². The second kappa shape index (κ2) is 4.66. The minimum Gasteiger partial charge on any atom is -0.481 e. The molecular weight excluding hydrogens is 256 g/mol. The highest BCUT2D eigenvalue weighted by atomic mass is 32.1. The van der Waals surface area contributed by atoms with Gasteiger partial charge in [0.2, 0.25) is 0 Å². The fourth-order valence-electron chi connectivity index (χ4n) is 2.17. The maximum atomic E-state index is 11.1. The molecule has 1 N–H and O–H groups in total. The lowest BCUT2D eigenvalue weighted by molar-refractivity contribution is -0.380. The molecule has 7 heteroatoms. The quantitative estimate of drug-likeness (QED) is 0.667. The van der Waals surface area contributed by atoms with Crippen molar-refractivity contribution in [1.82, 2.24) is 4.90 Å². The first kappa shape index (κ1) is 13.0. The molecule has 18 heavy (non-hydrogen) atoms. The maximum absolute atomic E-state index is 11.1. The highest BCUT2D eigenvalue weighted by Crippen LogP contribution is 2.32. The van der Waals surface area contributed by atoms with Crippen LogP contribution in [0.25, 0.3) is 0 Å². The second-order valence-corrected chi connectivity index (χ2v) is 5.77. The van der Waals surface area contributed by atoms with Crippen LogP contribution < -0.4 is 0 Å². The van der Waals surface area contributed by atoms with E-state index in [-0.39, 0.29) is 5.00 Å². The van der Waals surface area contributed by atoms with Gasteiger partial charge in [-0.2, -0.15) is 0 Å². The van der Waals surface area contributed by atoms with E-state index in [0.29, 0.717) is 26.1 Å². The van der Waals surface area contributed by atoms with Crippen LogP contribution in [-0.4, -0.2) is 34.0 Å². The number of nitrogens with zero attached hydrogens (tertiary/aromatic N) is 2. The third-order valence-electron chi connectivity index (χ3n) is 3.29. The lowest BCUT2D eigenvalue weighted by Crippen LogP contribution is -2.31. The molecule has 1 aromatic rings. The summed E-state index contributed by atoms with van der Waals surface area (Å²) in [5.41, 5.74) is 0.184. The first-order chi connectivity index (χ1) is 8.40. The van der Waals surface area contributed by atoms with Crippen LogP contribution >= 0.6 is 11.3 Å². The Bertz CT molecular complexity index is 487. The van der Waals surface area contributed by atoms with Crippen molar-refractivity contribution in [3.8, 4) is 0 Å². The summed E-state index contributed by atoms with van der Waals surface area (Å²) in [5, 5.41) is 21.6. The van der Waals surface area contributed by atoms with Gasteiger partial charge < -0.3 is 5.11 Å². The molecule has 1 saturated heterocycles. The Morgan fingerprint density at radius 1 is 1.72 bits per heavy atom. The number of rotatable bonds is 4. The van der Waals surface area contributed by atoms with Crippen LogP contribution in [0.1, 0.15) is 18.9 Å². The first-order valence-corrected chi connectivity index (χ1v) is 6.46. The van der Waals surface area contributed by atoms with Crippen LogP contribution in [0.15, 0.2) is 11.4 Å². The van der Waals surface area contributed by atoms with E-state index in [1.807, 2.05) is 4.90 Å². The van der Waals surface area contributed by atoms with E-state index in [2.05, 4.69) is 0 Å². The number of thiophene rings is 1. The van der Waals surface area contributed by atoms with Gasteiger partial charge >= 0.3 is 11.0 Å². The molecule has 2 heterocycles. The summed E-state index contributed by atoms with van der Waals surface area (Å²) in [6, 6.07) is 1.56. The number of carboxylic acid groups (broad SMARTS) is 1. The Balaban J connectivity index is 1.99. The van der Waals surface area contributed by atoms with Crippen LogP contribution in [-0.2, 0) is 11.3 Å². The molecule has 6 nitrogen and oxygen atoms in total. The van der Waals surface area contributed by atoms with Crippen LogP contribution in [0.5, 0.6) is 0 Å². The van der Waals surface area contributed by atoms with Gasteiger partial charge in [-0.05, 0) is 25.5 Å². The maximum Gasteiger partial charge on any atom is 0.324 e. The highest BCUT2D eigenvalue weighted by Gasteiger charge is 2.40. The topological polar surface area (TPSA) is 83.7 Å². The Hall–Kier alpha value is -1.47. The molecule has 0 amide bonds. The lowest BCUT2D eigenvalue weighted by atomic mass is 9.90. The smallest absolute Gasteiger partial charge is 0.324 e. The molecule has 0 radical (unpaired) electrons. The molecule has 1 atom stereocenters. The van der Waals surface area contributed by atoms with Crippen LogP contribution in [0, 0.1) is 15.5 Å². The molecule has 0 bridgehead atoms. The molecule has 1 aromatic heterocycles. The predicted molar refractivity (Wildman–Crippen MR) is 66.6 cm³/mol. The Kier molecular flexibility index (Phi) is 3.36. The molecule has 98 valence electrons. The van der Waals surface area contributed by atoms with Crippen molar-refractivity contribution in [2.45, 2.75) is 19.9 Å². The average molecular weight is 270 g/mol. The fourth-order valence-corrected chi connectivity index (χ4v) is 2.89. The summed E-state index contributed by atoms with van der Waals surface area (Å²) in [7, 11) is 0. The number of likely N-dealkylation sites (tertiary alicyclic amines) is 1. The molecule has 0 aromatic carbocycles. The minimum absolute atomic E-state index is 0.130. The van der Waals surface area contributed by atoms with E-state index in [1.54, 1.807) is 18.4 Å². The van der Waals surface area contributed by atoms with Gasteiger partial charge in [0, 0.05) is 24.5 Å².